The summed E-state index contributed by atoms with van der Waals surface area (Å²) in [6.07, 6.45) is 3.84. The summed E-state index contributed by atoms with van der Waals surface area (Å²) >= 11 is 0. The third-order valence-electron chi connectivity index (χ3n) is 5.58. The summed E-state index contributed by atoms with van der Waals surface area (Å²) in [7, 11) is 1.36. The standard InChI is InChI=1S/C22H24N2O5/c1-22(2)11-15-17(9-13(21(25)26-3)10-18(15)29-22)27-14-5-6-16(23-12-14)19-20(28-19)24-7-4-8-24/h5-6,9-10,12,19-20H,4,7-8,11H2,1-3H3. The second-order valence-corrected chi connectivity index (χ2v) is 8.34. The van der Waals surface area contributed by atoms with Crippen molar-refractivity contribution in [3.05, 3.63) is 47.3 Å². The highest BCUT2D eigenvalue weighted by atomic mass is 16.6. The Morgan fingerprint density at radius 2 is 2.10 bits per heavy atom. The van der Waals surface area contributed by atoms with Gasteiger partial charge in [0.2, 0.25) is 0 Å². The van der Waals surface area contributed by atoms with E-state index in [4.69, 9.17) is 18.9 Å². The van der Waals surface area contributed by atoms with E-state index in [2.05, 4.69) is 9.88 Å². The lowest BCUT2D eigenvalue weighted by Crippen LogP contribution is -2.39. The lowest BCUT2D eigenvalue weighted by atomic mass is 10.00. The Labute approximate surface area is 169 Å². The molecule has 0 N–H and O–H groups in total. The van der Waals surface area contributed by atoms with Crippen LogP contribution in [0.1, 0.15) is 48.0 Å². The van der Waals surface area contributed by atoms with E-state index in [0.29, 0.717) is 29.2 Å². The third-order valence-corrected chi connectivity index (χ3v) is 5.58. The molecule has 3 aliphatic heterocycles. The monoisotopic (exact) mass is 396 g/mol. The molecule has 0 radical (unpaired) electrons. The number of aromatic nitrogens is 1. The van der Waals surface area contributed by atoms with Gasteiger partial charge in [0, 0.05) is 25.1 Å². The molecule has 2 unspecified atom stereocenters. The molecule has 0 saturated carbocycles. The number of likely N-dealkylation sites (tertiary alicyclic amines) is 1. The van der Waals surface area contributed by atoms with Gasteiger partial charge in [0.15, 0.2) is 0 Å². The van der Waals surface area contributed by atoms with Gasteiger partial charge in [-0.15, -0.1) is 0 Å². The molecule has 0 bridgehead atoms. The summed E-state index contributed by atoms with van der Waals surface area (Å²) in [6, 6.07) is 7.23. The molecule has 2 fully saturated rings. The van der Waals surface area contributed by atoms with E-state index >= 15 is 0 Å². The van der Waals surface area contributed by atoms with Gasteiger partial charge in [0.1, 0.15) is 35.2 Å². The fraction of sp³-hybridized carbons (Fsp3) is 0.455. The van der Waals surface area contributed by atoms with E-state index < -0.39 is 5.97 Å². The van der Waals surface area contributed by atoms with E-state index in [1.807, 2.05) is 26.0 Å². The number of esters is 1. The number of hydrogen-bond acceptors (Lipinski definition) is 7. The first-order valence-electron chi connectivity index (χ1n) is 9.91. The van der Waals surface area contributed by atoms with Crippen LogP contribution in [0.3, 0.4) is 0 Å². The minimum absolute atomic E-state index is 0.0467. The summed E-state index contributed by atoms with van der Waals surface area (Å²) in [5, 5.41) is 0. The van der Waals surface area contributed by atoms with E-state index in [0.717, 1.165) is 24.3 Å². The minimum Gasteiger partial charge on any atom is -0.487 e. The molecule has 0 spiro atoms. The fourth-order valence-electron chi connectivity index (χ4n) is 3.91. The molecule has 7 heteroatoms. The summed E-state index contributed by atoms with van der Waals surface area (Å²) in [6.45, 7) is 6.22. The lowest BCUT2D eigenvalue weighted by molar-refractivity contribution is 0.0599. The summed E-state index contributed by atoms with van der Waals surface area (Å²) < 4.78 is 22.7. The SMILES string of the molecule is COC(=O)c1cc(Oc2ccc(C3OC3N3CCC3)nc2)c2c(c1)OC(C)(C)C2. The van der Waals surface area contributed by atoms with Crippen molar-refractivity contribution >= 4 is 5.97 Å². The van der Waals surface area contributed by atoms with Crippen LogP contribution in [-0.4, -0.2) is 47.9 Å². The number of carbonyl (C=O) groups is 1. The van der Waals surface area contributed by atoms with Gasteiger partial charge in [-0.2, -0.15) is 0 Å². The van der Waals surface area contributed by atoms with Crippen molar-refractivity contribution in [1.82, 2.24) is 9.88 Å². The second-order valence-electron chi connectivity index (χ2n) is 8.34. The van der Waals surface area contributed by atoms with Crippen LogP contribution < -0.4 is 9.47 Å². The quantitative estimate of drug-likeness (QED) is 0.566. The fourth-order valence-corrected chi connectivity index (χ4v) is 3.91. The molecule has 2 saturated heterocycles. The lowest BCUT2D eigenvalue weighted by Gasteiger charge is -2.28. The smallest absolute Gasteiger partial charge is 0.338 e. The topological polar surface area (TPSA) is 73.4 Å². The van der Waals surface area contributed by atoms with Gasteiger partial charge in [-0.1, -0.05) is 0 Å². The van der Waals surface area contributed by atoms with E-state index in [-0.39, 0.29) is 17.9 Å². The van der Waals surface area contributed by atoms with Crippen LogP contribution in [0.4, 0.5) is 0 Å². The number of epoxide rings is 1. The van der Waals surface area contributed by atoms with Crippen LogP contribution in [-0.2, 0) is 15.9 Å². The molecule has 7 nitrogen and oxygen atoms in total. The third kappa shape index (κ3) is 3.45. The van der Waals surface area contributed by atoms with Crippen molar-refractivity contribution in [3.8, 4) is 17.2 Å². The first kappa shape index (κ1) is 18.4. The predicted octanol–water partition coefficient (Wildman–Crippen LogP) is 3.48. The molecule has 3 aliphatic rings. The summed E-state index contributed by atoms with van der Waals surface area (Å²) in [4.78, 5) is 18.9. The molecule has 29 heavy (non-hydrogen) atoms. The largest absolute Gasteiger partial charge is 0.487 e. The molecule has 4 heterocycles. The molecule has 0 amide bonds. The first-order valence-corrected chi connectivity index (χ1v) is 9.91. The maximum Gasteiger partial charge on any atom is 0.338 e. The maximum absolute atomic E-state index is 12.1. The number of fused-ring (bicyclic) bond motifs is 1. The number of pyridine rings is 1. The van der Waals surface area contributed by atoms with Crippen LogP contribution >= 0.6 is 0 Å². The van der Waals surface area contributed by atoms with Gasteiger partial charge < -0.3 is 18.9 Å². The number of benzene rings is 1. The molecule has 1 aromatic heterocycles. The van der Waals surface area contributed by atoms with Crippen LogP contribution in [0, 0.1) is 0 Å². The Bertz CT molecular complexity index is 952. The number of rotatable bonds is 5. The highest BCUT2D eigenvalue weighted by Gasteiger charge is 2.47. The molecular formula is C22H24N2O5. The molecule has 0 aliphatic carbocycles. The number of ether oxygens (including phenoxy) is 4. The van der Waals surface area contributed by atoms with Crippen molar-refractivity contribution < 1.29 is 23.7 Å². The average molecular weight is 396 g/mol. The van der Waals surface area contributed by atoms with Crippen molar-refractivity contribution in [1.29, 1.82) is 0 Å². The van der Waals surface area contributed by atoms with E-state index in [1.54, 1.807) is 18.3 Å². The van der Waals surface area contributed by atoms with Crippen LogP contribution in [0.2, 0.25) is 0 Å². The zero-order chi connectivity index (χ0) is 20.2. The Morgan fingerprint density at radius 3 is 2.76 bits per heavy atom. The number of nitrogens with zero attached hydrogens (tertiary/aromatic N) is 2. The van der Waals surface area contributed by atoms with E-state index in [1.165, 1.54) is 13.5 Å². The Kier molecular flexibility index (Phi) is 4.26. The van der Waals surface area contributed by atoms with Gasteiger partial charge in [-0.3, -0.25) is 9.88 Å². The van der Waals surface area contributed by atoms with Crippen molar-refractivity contribution in [2.45, 2.75) is 44.6 Å². The van der Waals surface area contributed by atoms with Gasteiger partial charge in [-0.25, -0.2) is 4.79 Å². The Hall–Kier alpha value is -2.64. The van der Waals surface area contributed by atoms with Gasteiger partial charge >= 0.3 is 5.97 Å². The molecule has 152 valence electrons. The van der Waals surface area contributed by atoms with Crippen molar-refractivity contribution in [2.24, 2.45) is 0 Å². The van der Waals surface area contributed by atoms with Crippen molar-refractivity contribution in [3.63, 3.8) is 0 Å². The minimum atomic E-state index is -0.428. The maximum atomic E-state index is 12.1. The molecular weight excluding hydrogens is 372 g/mol. The summed E-state index contributed by atoms with van der Waals surface area (Å²) in [5.74, 6) is 1.41. The molecule has 1 aromatic carbocycles. The number of hydrogen-bond donors (Lipinski definition) is 0. The molecule has 2 atom stereocenters. The molecule has 5 rings (SSSR count). The van der Waals surface area contributed by atoms with E-state index in [9.17, 15) is 4.79 Å². The normalized spacial score (nSPS) is 24.2. The van der Waals surface area contributed by atoms with Gasteiger partial charge in [0.05, 0.1) is 24.6 Å². The second kappa shape index (κ2) is 6.71. The highest BCUT2D eigenvalue weighted by molar-refractivity contribution is 5.91. The van der Waals surface area contributed by atoms with Crippen molar-refractivity contribution in [2.75, 3.05) is 20.2 Å². The Morgan fingerprint density at radius 1 is 1.28 bits per heavy atom. The number of methoxy groups -OCH3 is 1. The predicted molar refractivity (Wildman–Crippen MR) is 104 cm³/mol. The molecule has 2 aromatic rings. The van der Waals surface area contributed by atoms with Gasteiger partial charge in [0.25, 0.3) is 0 Å². The average Bonchev–Trinajstić information content (AvgIpc) is 3.34. The zero-order valence-corrected chi connectivity index (χ0v) is 16.8. The highest BCUT2D eigenvalue weighted by Crippen LogP contribution is 2.44. The van der Waals surface area contributed by atoms with Crippen LogP contribution in [0.15, 0.2) is 30.5 Å². The van der Waals surface area contributed by atoms with Gasteiger partial charge in [-0.05, 0) is 44.5 Å². The first-order chi connectivity index (χ1) is 13.9. The van der Waals surface area contributed by atoms with Crippen LogP contribution in [0.5, 0.6) is 17.2 Å². The number of carbonyl (C=O) groups excluding carboxylic acids is 1. The zero-order valence-electron chi connectivity index (χ0n) is 16.8. The Balaban J connectivity index is 1.37. The summed E-state index contributed by atoms with van der Waals surface area (Å²) in [5.41, 5.74) is 1.89. The van der Waals surface area contributed by atoms with Crippen LogP contribution in [0.25, 0.3) is 0 Å².